The van der Waals surface area contributed by atoms with Crippen LogP contribution in [-0.4, -0.2) is 0 Å². The molecule has 1 aromatic heterocycles. The van der Waals surface area contributed by atoms with E-state index in [0.717, 1.165) is 22.9 Å². The van der Waals surface area contributed by atoms with E-state index in [9.17, 15) is 9.18 Å². The fourth-order valence-electron chi connectivity index (χ4n) is 4.43. The molecule has 0 N–H and O–H groups in total. The van der Waals surface area contributed by atoms with Crippen LogP contribution < -0.4 is 5.63 Å². The quantitative estimate of drug-likeness (QED) is 0.152. The van der Waals surface area contributed by atoms with Gasteiger partial charge in [-0.2, -0.15) is 0 Å². The first-order chi connectivity index (χ1) is 15.6. The molecule has 3 heteroatoms. The molecular formula is C29H31FO2. The van der Waals surface area contributed by atoms with Gasteiger partial charge in [-0.25, -0.2) is 9.18 Å². The molecule has 3 aromatic carbocycles. The average molecular weight is 431 g/mol. The summed E-state index contributed by atoms with van der Waals surface area (Å²) in [6.07, 6.45) is 9.45. The number of aryl methyl sites for hydroxylation is 2. The molecule has 2 nitrogen and oxygen atoms in total. The van der Waals surface area contributed by atoms with Crippen LogP contribution in [0, 0.1) is 5.82 Å². The second-order valence-electron chi connectivity index (χ2n) is 8.63. The van der Waals surface area contributed by atoms with Crippen LogP contribution in [0.2, 0.25) is 0 Å². The third-order valence-corrected chi connectivity index (χ3v) is 6.39. The zero-order valence-electron chi connectivity index (χ0n) is 19.0. The molecule has 0 spiro atoms. The summed E-state index contributed by atoms with van der Waals surface area (Å²) in [6, 6.07) is 18.0. The van der Waals surface area contributed by atoms with Gasteiger partial charge in [-0.15, -0.1) is 0 Å². The number of unbranched alkanes of at least 4 members (excludes halogenated alkanes) is 5. The van der Waals surface area contributed by atoms with Crippen LogP contribution in [-0.2, 0) is 12.8 Å². The SMILES string of the molecule is CCCCCCCCc1ccc(-c2ccc3c(c2)c(=O)oc2c(F)c(CC)ccc23)cc1. The van der Waals surface area contributed by atoms with E-state index in [1.165, 1.54) is 44.1 Å². The van der Waals surface area contributed by atoms with Crippen LogP contribution in [0.5, 0.6) is 0 Å². The molecule has 0 aliphatic rings. The van der Waals surface area contributed by atoms with Crippen molar-refractivity contribution in [1.82, 2.24) is 0 Å². The normalized spacial score (nSPS) is 11.5. The van der Waals surface area contributed by atoms with Gasteiger partial charge in [-0.3, -0.25) is 0 Å². The fraction of sp³-hybridized carbons (Fsp3) is 0.345. The van der Waals surface area contributed by atoms with Crippen LogP contribution >= 0.6 is 0 Å². The van der Waals surface area contributed by atoms with Crippen molar-refractivity contribution in [2.45, 2.75) is 65.2 Å². The maximum Gasteiger partial charge on any atom is 0.344 e. The molecule has 0 radical (unpaired) electrons. The van der Waals surface area contributed by atoms with Crippen LogP contribution in [0.3, 0.4) is 0 Å². The lowest BCUT2D eigenvalue weighted by Crippen LogP contribution is -2.02. The predicted octanol–water partition coefficient (Wildman–Crippen LogP) is 8.22. The van der Waals surface area contributed by atoms with Crippen molar-refractivity contribution < 1.29 is 8.81 Å². The Kier molecular flexibility index (Phi) is 7.04. The lowest BCUT2D eigenvalue weighted by Gasteiger charge is -2.09. The van der Waals surface area contributed by atoms with Gasteiger partial charge >= 0.3 is 5.63 Å². The Balaban J connectivity index is 1.57. The van der Waals surface area contributed by atoms with Gasteiger partial charge < -0.3 is 4.42 Å². The summed E-state index contributed by atoms with van der Waals surface area (Å²) in [5.74, 6) is -0.436. The highest BCUT2D eigenvalue weighted by Gasteiger charge is 2.14. The Bertz CT molecular complexity index is 1270. The predicted molar refractivity (Wildman–Crippen MR) is 132 cm³/mol. The second kappa shape index (κ2) is 10.1. The van der Waals surface area contributed by atoms with Gasteiger partial charge in [0.2, 0.25) is 0 Å². The molecule has 0 aliphatic heterocycles. The van der Waals surface area contributed by atoms with Crippen LogP contribution in [0.15, 0.2) is 63.8 Å². The van der Waals surface area contributed by atoms with Crippen molar-refractivity contribution in [1.29, 1.82) is 0 Å². The summed E-state index contributed by atoms with van der Waals surface area (Å²) in [7, 11) is 0. The number of benzene rings is 3. The van der Waals surface area contributed by atoms with E-state index in [4.69, 9.17) is 4.42 Å². The molecule has 0 atom stereocenters. The van der Waals surface area contributed by atoms with Crippen molar-refractivity contribution in [3.8, 4) is 11.1 Å². The van der Waals surface area contributed by atoms with Crippen molar-refractivity contribution in [3.63, 3.8) is 0 Å². The van der Waals surface area contributed by atoms with E-state index in [1.807, 2.05) is 31.2 Å². The molecule has 0 amide bonds. The van der Waals surface area contributed by atoms with Gasteiger partial charge in [0.25, 0.3) is 0 Å². The Morgan fingerprint density at radius 3 is 2.19 bits per heavy atom. The summed E-state index contributed by atoms with van der Waals surface area (Å²) in [4.78, 5) is 12.7. The first-order valence-electron chi connectivity index (χ1n) is 11.9. The van der Waals surface area contributed by atoms with Gasteiger partial charge in [0, 0.05) is 10.8 Å². The van der Waals surface area contributed by atoms with E-state index in [1.54, 1.807) is 6.07 Å². The van der Waals surface area contributed by atoms with Gasteiger partial charge in [-0.1, -0.05) is 94.5 Å². The van der Waals surface area contributed by atoms with E-state index >= 15 is 0 Å². The topological polar surface area (TPSA) is 30.2 Å². The first-order valence-corrected chi connectivity index (χ1v) is 11.9. The average Bonchev–Trinajstić information content (AvgIpc) is 2.82. The standard InChI is InChI=1S/C29H31FO2/c1-3-5-6-7-8-9-10-20-11-13-22(14-12-20)23-16-17-24-25-18-15-21(4-2)27(30)28(25)32-29(31)26(24)19-23/h11-19H,3-10H2,1-2H3. The van der Waals surface area contributed by atoms with Crippen molar-refractivity contribution in [2.75, 3.05) is 0 Å². The molecule has 4 aromatic rings. The minimum absolute atomic E-state index is 0.0497. The molecule has 0 aliphatic carbocycles. The Morgan fingerprint density at radius 2 is 1.44 bits per heavy atom. The van der Waals surface area contributed by atoms with Gasteiger partial charge in [-0.05, 0) is 47.6 Å². The van der Waals surface area contributed by atoms with E-state index in [0.29, 0.717) is 22.8 Å². The monoisotopic (exact) mass is 430 g/mol. The third kappa shape index (κ3) is 4.62. The maximum atomic E-state index is 14.7. The minimum Gasteiger partial charge on any atom is -0.419 e. The lowest BCUT2D eigenvalue weighted by atomic mass is 9.98. The second-order valence-corrected chi connectivity index (χ2v) is 8.63. The van der Waals surface area contributed by atoms with Crippen LogP contribution in [0.25, 0.3) is 32.9 Å². The molecule has 4 rings (SSSR count). The highest BCUT2D eigenvalue weighted by molar-refractivity contribution is 6.05. The Morgan fingerprint density at radius 1 is 0.750 bits per heavy atom. The van der Waals surface area contributed by atoms with Gasteiger partial charge in [0.05, 0.1) is 5.39 Å². The molecule has 0 unspecified atom stereocenters. The molecule has 166 valence electrons. The number of hydrogen-bond donors (Lipinski definition) is 0. The van der Waals surface area contributed by atoms with Crippen LogP contribution in [0.4, 0.5) is 4.39 Å². The molecule has 1 heterocycles. The summed E-state index contributed by atoms with van der Waals surface area (Å²) in [5, 5.41) is 1.84. The van der Waals surface area contributed by atoms with Crippen molar-refractivity contribution in [2.24, 2.45) is 0 Å². The van der Waals surface area contributed by atoms with Crippen molar-refractivity contribution >= 4 is 21.7 Å². The third-order valence-electron chi connectivity index (χ3n) is 6.39. The maximum absolute atomic E-state index is 14.7. The summed E-state index contributed by atoms with van der Waals surface area (Å²) in [5.41, 5.74) is 3.47. The summed E-state index contributed by atoms with van der Waals surface area (Å²) >= 11 is 0. The fourth-order valence-corrected chi connectivity index (χ4v) is 4.43. The largest absolute Gasteiger partial charge is 0.419 e. The molecule has 0 saturated heterocycles. The highest BCUT2D eigenvalue weighted by Crippen LogP contribution is 2.30. The first kappa shape index (κ1) is 22.3. The summed E-state index contributed by atoms with van der Waals surface area (Å²) < 4.78 is 20.1. The molecule has 0 saturated carbocycles. The van der Waals surface area contributed by atoms with Crippen LogP contribution in [0.1, 0.15) is 63.5 Å². The Hall–Kier alpha value is -2.94. The summed E-state index contributed by atoms with van der Waals surface area (Å²) in [6.45, 7) is 4.13. The molecule has 0 bridgehead atoms. The number of hydrogen-bond acceptors (Lipinski definition) is 2. The molecule has 32 heavy (non-hydrogen) atoms. The molecule has 0 fully saturated rings. The smallest absolute Gasteiger partial charge is 0.344 e. The van der Waals surface area contributed by atoms with Crippen molar-refractivity contribution in [3.05, 3.63) is 82.0 Å². The molecular weight excluding hydrogens is 399 g/mol. The van der Waals surface area contributed by atoms with Gasteiger partial charge in [0.15, 0.2) is 11.4 Å². The van der Waals surface area contributed by atoms with E-state index in [2.05, 4.69) is 31.2 Å². The number of fused-ring (bicyclic) bond motifs is 3. The number of halogens is 1. The zero-order chi connectivity index (χ0) is 22.5. The van der Waals surface area contributed by atoms with E-state index in [-0.39, 0.29) is 5.58 Å². The highest BCUT2D eigenvalue weighted by atomic mass is 19.1. The Labute approximate surface area is 189 Å². The van der Waals surface area contributed by atoms with E-state index < -0.39 is 11.4 Å². The van der Waals surface area contributed by atoms with Gasteiger partial charge in [0.1, 0.15) is 0 Å². The number of rotatable bonds is 9. The zero-order valence-corrected chi connectivity index (χ0v) is 19.0. The minimum atomic E-state index is -0.499. The lowest BCUT2D eigenvalue weighted by molar-refractivity contribution is 0.525.